The minimum atomic E-state index is -0.144. The number of hydrogen-bond acceptors (Lipinski definition) is 1. The second kappa shape index (κ2) is 2.49. The molecule has 2 heteroatoms. The maximum Gasteiger partial charge on any atom is 0.256 e. The molecule has 0 aliphatic rings. The fourth-order valence-corrected chi connectivity index (χ4v) is 0.648. The summed E-state index contributed by atoms with van der Waals surface area (Å²) in [5, 5.41) is 0. The summed E-state index contributed by atoms with van der Waals surface area (Å²) < 4.78 is 0. The molecule has 0 fully saturated rings. The van der Waals surface area contributed by atoms with Gasteiger partial charge in [-0.15, -0.1) is 0 Å². The lowest BCUT2D eigenvalue weighted by Gasteiger charge is -1.90. The second-order valence-corrected chi connectivity index (χ2v) is 1.81. The van der Waals surface area contributed by atoms with Gasteiger partial charge in [0.2, 0.25) is 0 Å². The van der Waals surface area contributed by atoms with Gasteiger partial charge in [0.1, 0.15) is 0 Å². The summed E-state index contributed by atoms with van der Waals surface area (Å²) in [6.45, 7) is 1.99. The Morgan fingerprint density at radius 2 is 2.56 bits per heavy atom. The van der Waals surface area contributed by atoms with Crippen molar-refractivity contribution in [2.75, 3.05) is 0 Å². The van der Waals surface area contributed by atoms with Gasteiger partial charge in [0, 0.05) is 5.69 Å². The van der Waals surface area contributed by atoms with Crippen LogP contribution in [-0.4, -0.2) is 4.98 Å². The van der Waals surface area contributed by atoms with Crippen molar-refractivity contribution in [3.8, 4) is 0 Å². The van der Waals surface area contributed by atoms with Crippen LogP contribution >= 0.6 is 0 Å². The molecular formula is C7H8NO. The summed E-state index contributed by atoms with van der Waals surface area (Å²) in [6.07, 6.45) is 0.865. The first-order valence-electron chi connectivity index (χ1n) is 2.93. The first-order valence-corrected chi connectivity index (χ1v) is 2.93. The molecule has 2 nitrogen and oxygen atoms in total. The number of nitrogens with one attached hydrogen (secondary N) is 1. The van der Waals surface area contributed by atoms with E-state index in [-0.39, 0.29) is 5.56 Å². The van der Waals surface area contributed by atoms with Gasteiger partial charge in [-0.3, -0.25) is 4.79 Å². The van der Waals surface area contributed by atoms with Crippen molar-refractivity contribution in [3.05, 3.63) is 34.2 Å². The minimum Gasteiger partial charge on any atom is -0.326 e. The summed E-state index contributed by atoms with van der Waals surface area (Å²) in [5.41, 5.74) is 0.813. The molecule has 0 saturated heterocycles. The Labute approximate surface area is 53.5 Å². The smallest absolute Gasteiger partial charge is 0.256 e. The van der Waals surface area contributed by atoms with Gasteiger partial charge in [0.05, 0.1) is 6.07 Å². The van der Waals surface area contributed by atoms with Gasteiger partial charge >= 0.3 is 0 Å². The van der Waals surface area contributed by atoms with Crippen LogP contribution in [0, 0.1) is 6.07 Å². The van der Waals surface area contributed by atoms with E-state index >= 15 is 0 Å². The second-order valence-electron chi connectivity index (χ2n) is 1.81. The molecule has 0 unspecified atom stereocenters. The van der Waals surface area contributed by atoms with E-state index in [0.717, 1.165) is 12.1 Å². The molecule has 0 aliphatic heterocycles. The molecule has 0 bridgehead atoms. The van der Waals surface area contributed by atoms with Gasteiger partial charge in [-0.05, 0) is 18.6 Å². The van der Waals surface area contributed by atoms with Gasteiger partial charge in [-0.1, -0.05) is 6.92 Å². The van der Waals surface area contributed by atoms with Crippen LogP contribution in [-0.2, 0) is 6.42 Å². The summed E-state index contributed by atoms with van der Waals surface area (Å²) >= 11 is 0. The van der Waals surface area contributed by atoms with Crippen LogP contribution in [0.4, 0.5) is 0 Å². The third-order valence-electron chi connectivity index (χ3n) is 1.15. The zero-order valence-electron chi connectivity index (χ0n) is 5.27. The molecule has 9 heavy (non-hydrogen) atoms. The average Bonchev–Trinajstić information content (AvgIpc) is 1.88. The van der Waals surface area contributed by atoms with Crippen LogP contribution in [0.15, 0.2) is 16.9 Å². The van der Waals surface area contributed by atoms with Gasteiger partial charge in [0.15, 0.2) is 0 Å². The first-order chi connectivity index (χ1) is 4.33. The third-order valence-corrected chi connectivity index (χ3v) is 1.15. The van der Waals surface area contributed by atoms with Crippen LogP contribution in [0.3, 0.4) is 0 Å². The fraction of sp³-hybridized carbons (Fsp3) is 0.286. The molecule has 47 valence electrons. The van der Waals surface area contributed by atoms with Crippen molar-refractivity contribution in [2.45, 2.75) is 13.3 Å². The Hall–Kier alpha value is -1.05. The van der Waals surface area contributed by atoms with E-state index < -0.39 is 0 Å². The largest absolute Gasteiger partial charge is 0.326 e. The standard InChI is InChI=1S/C7H8NO/c1-2-6-4-3-5-7(9)8-6/h3-4H,2H2,1H3,(H,8,9). The van der Waals surface area contributed by atoms with E-state index in [1.54, 1.807) is 6.07 Å². The van der Waals surface area contributed by atoms with Gasteiger partial charge in [0.25, 0.3) is 5.56 Å². The van der Waals surface area contributed by atoms with Gasteiger partial charge in [-0.25, -0.2) is 0 Å². The predicted molar refractivity (Wildman–Crippen MR) is 35.3 cm³/mol. The van der Waals surface area contributed by atoms with Crippen molar-refractivity contribution < 1.29 is 0 Å². The molecule has 0 aromatic carbocycles. The molecule has 0 aliphatic carbocycles. The Morgan fingerprint density at radius 3 is 3.00 bits per heavy atom. The molecule has 1 heterocycles. The highest BCUT2D eigenvalue weighted by molar-refractivity contribution is 5.01. The van der Waals surface area contributed by atoms with Crippen LogP contribution in [0.1, 0.15) is 12.6 Å². The van der Waals surface area contributed by atoms with Crippen LogP contribution in [0.2, 0.25) is 0 Å². The molecule has 1 rings (SSSR count). The zero-order valence-corrected chi connectivity index (χ0v) is 5.27. The van der Waals surface area contributed by atoms with Gasteiger partial charge < -0.3 is 4.98 Å². The van der Waals surface area contributed by atoms with Crippen LogP contribution in [0.5, 0.6) is 0 Å². The highest BCUT2D eigenvalue weighted by Crippen LogP contribution is 1.87. The normalized spacial score (nSPS) is 9.44. The topological polar surface area (TPSA) is 32.9 Å². The van der Waals surface area contributed by atoms with Crippen LogP contribution in [0.25, 0.3) is 0 Å². The summed E-state index contributed by atoms with van der Waals surface area (Å²) in [4.78, 5) is 13.2. The minimum absolute atomic E-state index is 0.144. The monoisotopic (exact) mass is 122 g/mol. The van der Waals surface area contributed by atoms with Crippen molar-refractivity contribution in [1.82, 2.24) is 4.98 Å². The molecule has 0 saturated carbocycles. The van der Waals surface area contributed by atoms with E-state index in [0.29, 0.717) is 0 Å². The number of hydrogen-bond donors (Lipinski definition) is 1. The fourth-order valence-electron chi connectivity index (χ4n) is 0.648. The Balaban J connectivity index is 3.08. The SMILES string of the molecule is CCc1cc[c]c(=O)[nH]1. The highest BCUT2D eigenvalue weighted by atomic mass is 16.1. The summed E-state index contributed by atoms with van der Waals surface area (Å²) in [6, 6.07) is 5.98. The summed E-state index contributed by atoms with van der Waals surface area (Å²) in [7, 11) is 0. The molecule has 0 spiro atoms. The number of H-pyrrole nitrogens is 1. The van der Waals surface area contributed by atoms with Crippen molar-refractivity contribution in [3.63, 3.8) is 0 Å². The molecule has 0 atom stereocenters. The molecule has 1 aromatic rings. The first kappa shape index (κ1) is 6.08. The van der Waals surface area contributed by atoms with E-state index in [1.165, 1.54) is 0 Å². The Morgan fingerprint density at radius 1 is 1.78 bits per heavy atom. The number of aromatic amines is 1. The Bertz CT molecular complexity index is 239. The number of pyridine rings is 1. The number of aromatic nitrogens is 1. The van der Waals surface area contributed by atoms with Crippen LogP contribution < -0.4 is 5.56 Å². The maximum atomic E-state index is 10.5. The number of aryl methyl sites for hydroxylation is 1. The van der Waals surface area contributed by atoms with E-state index in [1.807, 2.05) is 13.0 Å². The van der Waals surface area contributed by atoms with Crippen molar-refractivity contribution in [1.29, 1.82) is 0 Å². The lowest BCUT2D eigenvalue weighted by molar-refractivity contribution is 1.01. The quantitative estimate of drug-likeness (QED) is 0.585. The third kappa shape index (κ3) is 1.42. The Kier molecular flexibility index (Phi) is 1.68. The predicted octanol–water partition coefficient (Wildman–Crippen LogP) is 0.737. The molecule has 1 aromatic heterocycles. The number of rotatable bonds is 1. The molecule has 0 amide bonds. The lowest BCUT2D eigenvalue weighted by atomic mass is 10.3. The molecular weight excluding hydrogens is 114 g/mol. The van der Waals surface area contributed by atoms with E-state index in [9.17, 15) is 4.79 Å². The van der Waals surface area contributed by atoms with E-state index in [4.69, 9.17) is 0 Å². The summed E-state index contributed by atoms with van der Waals surface area (Å²) in [5.74, 6) is 0. The highest BCUT2D eigenvalue weighted by Gasteiger charge is 1.85. The molecule has 1 N–H and O–H groups in total. The maximum absolute atomic E-state index is 10.5. The van der Waals surface area contributed by atoms with Crippen molar-refractivity contribution >= 4 is 0 Å². The zero-order chi connectivity index (χ0) is 6.69. The lowest BCUT2D eigenvalue weighted by Crippen LogP contribution is -2.05. The average molecular weight is 122 g/mol. The van der Waals surface area contributed by atoms with Gasteiger partial charge in [-0.2, -0.15) is 0 Å². The molecule has 1 radical (unpaired) electrons. The van der Waals surface area contributed by atoms with Crippen molar-refractivity contribution in [2.24, 2.45) is 0 Å². The van der Waals surface area contributed by atoms with E-state index in [2.05, 4.69) is 11.1 Å².